The molecule has 36 heavy (non-hydrogen) atoms. The maximum absolute atomic E-state index is 13.4. The lowest BCUT2D eigenvalue weighted by Crippen LogP contribution is -2.54. The number of ether oxygens (including phenoxy) is 1. The molecule has 3 fully saturated rings. The summed E-state index contributed by atoms with van der Waals surface area (Å²) in [5, 5.41) is 2.73. The predicted molar refractivity (Wildman–Crippen MR) is 134 cm³/mol. The highest BCUT2D eigenvalue weighted by atomic mass is 19.1. The lowest BCUT2D eigenvalue weighted by Gasteiger charge is -2.49. The van der Waals surface area contributed by atoms with Gasteiger partial charge in [0.1, 0.15) is 18.2 Å². The number of carbonyl (C=O) groups excluding carboxylic acids is 2. The molecule has 0 saturated carbocycles. The Bertz CT molecular complexity index is 1260. The molecule has 3 saturated heterocycles. The fraction of sp³-hybridized carbons (Fsp3) is 0.357. The summed E-state index contributed by atoms with van der Waals surface area (Å²) in [6.07, 6.45) is 1.51. The first-order valence-electron chi connectivity index (χ1n) is 12.3. The molecule has 3 aromatic rings. The van der Waals surface area contributed by atoms with Crippen molar-refractivity contribution in [2.24, 2.45) is 5.92 Å². The smallest absolute Gasteiger partial charge is 0.411 e. The van der Waals surface area contributed by atoms with Crippen LogP contribution in [0.5, 0.6) is 0 Å². The fourth-order valence-corrected chi connectivity index (χ4v) is 5.31. The maximum atomic E-state index is 13.4. The van der Waals surface area contributed by atoms with E-state index >= 15 is 0 Å². The van der Waals surface area contributed by atoms with Gasteiger partial charge in [-0.1, -0.05) is 0 Å². The Morgan fingerprint density at radius 2 is 1.86 bits per heavy atom. The number of benzene rings is 2. The molecule has 0 radical (unpaired) electrons. The molecule has 0 spiro atoms. The number of anilines is 1. The molecule has 8 heteroatoms. The van der Waals surface area contributed by atoms with Crippen LogP contribution in [0.2, 0.25) is 0 Å². The van der Waals surface area contributed by atoms with E-state index in [-0.39, 0.29) is 23.6 Å². The van der Waals surface area contributed by atoms with Gasteiger partial charge in [0.15, 0.2) is 5.78 Å². The van der Waals surface area contributed by atoms with Crippen LogP contribution in [0.15, 0.2) is 54.6 Å². The second kappa shape index (κ2) is 10.1. The van der Waals surface area contributed by atoms with Gasteiger partial charge in [-0.2, -0.15) is 0 Å². The van der Waals surface area contributed by atoms with E-state index in [4.69, 9.17) is 9.72 Å². The van der Waals surface area contributed by atoms with E-state index in [9.17, 15) is 14.0 Å². The molecule has 0 aliphatic carbocycles. The summed E-state index contributed by atoms with van der Waals surface area (Å²) in [4.78, 5) is 35.5. The number of piperidine rings is 3. The molecule has 4 heterocycles. The summed E-state index contributed by atoms with van der Waals surface area (Å²) < 4.78 is 18.9. The summed E-state index contributed by atoms with van der Waals surface area (Å²) >= 11 is 0. The minimum absolute atomic E-state index is 0.0207. The van der Waals surface area contributed by atoms with E-state index in [1.807, 2.05) is 13.0 Å². The zero-order valence-electron chi connectivity index (χ0n) is 20.4. The van der Waals surface area contributed by atoms with Crippen molar-refractivity contribution >= 4 is 17.6 Å². The number of nitrogens with zero attached hydrogens (tertiary/aromatic N) is 3. The van der Waals surface area contributed by atoms with E-state index in [0.29, 0.717) is 29.6 Å². The second-order valence-electron chi connectivity index (χ2n) is 9.63. The molecule has 1 N–H and O–H groups in total. The molecule has 3 aliphatic heterocycles. The average Bonchev–Trinajstić information content (AvgIpc) is 2.88. The van der Waals surface area contributed by atoms with Crippen molar-refractivity contribution < 1.29 is 18.7 Å². The number of carbonyl (C=O) groups is 2. The Balaban J connectivity index is 1.20. The largest absolute Gasteiger partial charge is 0.448 e. The van der Waals surface area contributed by atoms with E-state index in [2.05, 4.69) is 15.2 Å². The van der Waals surface area contributed by atoms with Gasteiger partial charge in [-0.05, 0) is 93.7 Å². The molecular weight excluding hydrogens is 459 g/mol. The van der Waals surface area contributed by atoms with Crippen LogP contribution >= 0.6 is 0 Å². The quantitative estimate of drug-likeness (QED) is 0.479. The highest BCUT2D eigenvalue weighted by Crippen LogP contribution is 2.42. The molecule has 2 bridgehead atoms. The number of ketones is 1. The number of Topliss-reactive ketones (excluding diaryl/α,β-unsaturated/α-hetero) is 1. The van der Waals surface area contributed by atoms with Crippen LogP contribution in [-0.4, -0.2) is 52.5 Å². The fourth-order valence-electron chi connectivity index (χ4n) is 5.31. The molecule has 1 aromatic heterocycles. The van der Waals surface area contributed by atoms with Crippen LogP contribution in [0, 0.1) is 18.7 Å². The second-order valence-corrected chi connectivity index (χ2v) is 9.63. The van der Waals surface area contributed by atoms with Gasteiger partial charge in [-0.25, -0.2) is 19.2 Å². The van der Waals surface area contributed by atoms with E-state index in [1.165, 1.54) is 19.1 Å². The van der Waals surface area contributed by atoms with Crippen molar-refractivity contribution in [2.45, 2.75) is 38.6 Å². The van der Waals surface area contributed by atoms with Crippen LogP contribution in [0.1, 0.15) is 47.6 Å². The number of rotatable bonds is 6. The standard InChI is InChI=1S/C28H29FN4O3/c1-17(34)19-5-9-23(10-6-19)32-28(35)36-16-24-13-21-11-12-33(24)15-25(21)27-14-26(30-18(2)31-27)20-3-7-22(29)8-4-20/h3-10,14,21,24-25H,11-13,15-16H2,1-2H3,(H,32,35). The highest BCUT2D eigenvalue weighted by molar-refractivity contribution is 5.94. The first-order chi connectivity index (χ1) is 17.4. The Hall–Kier alpha value is -3.65. The number of fused-ring (bicyclic) bond motifs is 3. The summed E-state index contributed by atoms with van der Waals surface area (Å²) in [7, 11) is 0. The first kappa shape index (κ1) is 24.1. The molecule has 7 nitrogen and oxygen atoms in total. The first-order valence-corrected chi connectivity index (χ1v) is 12.3. The van der Waals surface area contributed by atoms with Crippen molar-refractivity contribution in [3.63, 3.8) is 0 Å². The molecule has 6 rings (SSSR count). The van der Waals surface area contributed by atoms with Crippen LogP contribution in [0.25, 0.3) is 11.3 Å². The van der Waals surface area contributed by atoms with Gasteiger partial charge in [0.25, 0.3) is 0 Å². The van der Waals surface area contributed by atoms with Crippen molar-refractivity contribution in [1.82, 2.24) is 14.9 Å². The van der Waals surface area contributed by atoms with Gasteiger partial charge in [-0.15, -0.1) is 0 Å². The monoisotopic (exact) mass is 488 g/mol. The van der Waals surface area contributed by atoms with Gasteiger partial charge in [0.05, 0.1) is 5.69 Å². The Morgan fingerprint density at radius 3 is 2.53 bits per heavy atom. The maximum Gasteiger partial charge on any atom is 0.411 e. The van der Waals surface area contributed by atoms with Crippen molar-refractivity contribution in [2.75, 3.05) is 25.0 Å². The number of hydrogen-bond donors (Lipinski definition) is 1. The number of nitrogens with one attached hydrogen (secondary N) is 1. The summed E-state index contributed by atoms with van der Waals surface area (Å²) in [5.41, 5.74) is 3.88. The Morgan fingerprint density at radius 1 is 1.11 bits per heavy atom. The molecular formula is C28H29FN4O3. The molecule has 2 aromatic carbocycles. The third-order valence-electron chi connectivity index (χ3n) is 7.20. The Labute approximate surface area is 209 Å². The average molecular weight is 489 g/mol. The van der Waals surface area contributed by atoms with Crippen molar-refractivity contribution in [1.29, 1.82) is 0 Å². The number of amides is 1. The Kier molecular flexibility index (Phi) is 6.78. The molecule has 3 aliphatic rings. The SMILES string of the molecule is CC(=O)c1ccc(NC(=O)OCC2CC3CCN2CC3c2cc(-c3ccc(F)cc3)nc(C)n2)cc1. The van der Waals surface area contributed by atoms with E-state index in [0.717, 1.165) is 42.9 Å². The normalized spacial score (nSPS) is 22.8. The van der Waals surface area contributed by atoms with Gasteiger partial charge < -0.3 is 4.74 Å². The number of halogens is 1. The van der Waals surface area contributed by atoms with Crippen molar-refractivity contribution in [3.05, 3.63) is 77.5 Å². The van der Waals surface area contributed by atoms with Gasteiger partial charge in [-0.3, -0.25) is 15.0 Å². The number of hydrogen-bond acceptors (Lipinski definition) is 6. The van der Waals surface area contributed by atoms with E-state index in [1.54, 1.807) is 36.4 Å². The number of aryl methyl sites for hydroxylation is 1. The van der Waals surface area contributed by atoms with Gasteiger partial charge >= 0.3 is 6.09 Å². The topological polar surface area (TPSA) is 84.4 Å². The molecule has 1 amide bonds. The van der Waals surface area contributed by atoms with E-state index < -0.39 is 6.09 Å². The zero-order valence-corrected chi connectivity index (χ0v) is 20.4. The number of aromatic nitrogens is 2. The lowest BCUT2D eigenvalue weighted by atomic mass is 9.74. The molecule has 186 valence electrons. The summed E-state index contributed by atoms with van der Waals surface area (Å²) in [6.45, 7) is 5.54. The predicted octanol–water partition coefficient (Wildman–Crippen LogP) is 5.22. The highest BCUT2D eigenvalue weighted by Gasteiger charge is 2.42. The minimum Gasteiger partial charge on any atom is -0.448 e. The lowest BCUT2D eigenvalue weighted by molar-refractivity contribution is -0.00151. The minimum atomic E-state index is -0.500. The van der Waals surface area contributed by atoms with Crippen molar-refractivity contribution in [3.8, 4) is 11.3 Å². The third-order valence-corrected chi connectivity index (χ3v) is 7.20. The molecule has 4 unspecified atom stereocenters. The van der Waals surface area contributed by atoms with Crippen LogP contribution in [0.4, 0.5) is 14.9 Å². The summed E-state index contributed by atoms with van der Waals surface area (Å²) in [6, 6.07) is 15.3. The van der Waals surface area contributed by atoms with Crippen LogP contribution < -0.4 is 5.32 Å². The van der Waals surface area contributed by atoms with Gasteiger partial charge in [0, 0.05) is 41.0 Å². The van der Waals surface area contributed by atoms with Crippen LogP contribution in [-0.2, 0) is 4.74 Å². The zero-order chi connectivity index (χ0) is 25.2. The molecule has 4 atom stereocenters. The third kappa shape index (κ3) is 5.28. The van der Waals surface area contributed by atoms with Gasteiger partial charge in [0.2, 0.25) is 0 Å². The van der Waals surface area contributed by atoms with Crippen LogP contribution in [0.3, 0.4) is 0 Å². The summed E-state index contributed by atoms with van der Waals surface area (Å²) in [5.74, 6) is 1.14.